The lowest BCUT2D eigenvalue weighted by Crippen LogP contribution is -1.91. The zero-order valence-corrected chi connectivity index (χ0v) is 11.1. The van der Waals surface area contributed by atoms with Gasteiger partial charge >= 0.3 is 0 Å². The molecule has 18 heavy (non-hydrogen) atoms. The minimum absolute atomic E-state index is 0.380. The molecule has 0 amide bonds. The van der Waals surface area contributed by atoms with Crippen molar-refractivity contribution in [1.82, 2.24) is 0 Å². The second kappa shape index (κ2) is 4.73. The molecule has 2 rings (SSSR count). The highest BCUT2D eigenvalue weighted by atomic mass is 16.5. The lowest BCUT2D eigenvalue weighted by molar-refractivity contribution is 0.442. The molecule has 0 radical (unpaired) electrons. The van der Waals surface area contributed by atoms with E-state index in [1.54, 1.807) is 6.08 Å². The smallest absolute Gasteiger partial charge is 0.138 e. The molecule has 1 aromatic heterocycles. The standard InChI is InChI=1S/C16H18O2/c1-6-12(5)17-15-9-16-13(7-11(15)4)8-14(18-16)10(2)3/h6-10H,1,5H2,2-4H3. The summed E-state index contributed by atoms with van der Waals surface area (Å²) >= 11 is 0. The molecule has 0 unspecified atom stereocenters. The molecule has 94 valence electrons. The van der Waals surface area contributed by atoms with Crippen LogP contribution in [0.25, 0.3) is 11.0 Å². The van der Waals surface area contributed by atoms with Gasteiger partial charge in [0.25, 0.3) is 0 Å². The second-order valence-electron chi connectivity index (χ2n) is 4.73. The van der Waals surface area contributed by atoms with Crippen LogP contribution in [0, 0.1) is 6.92 Å². The third kappa shape index (κ3) is 2.33. The largest absolute Gasteiger partial charge is 0.461 e. The van der Waals surface area contributed by atoms with Crippen LogP contribution in [0.1, 0.15) is 31.1 Å². The summed E-state index contributed by atoms with van der Waals surface area (Å²) in [5.41, 5.74) is 1.90. The van der Waals surface area contributed by atoms with E-state index in [-0.39, 0.29) is 0 Å². The third-order valence-electron chi connectivity index (χ3n) is 2.87. The van der Waals surface area contributed by atoms with E-state index >= 15 is 0 Å². The maximum absolute atomic E-state index is 5.80. The normalized spacial score (nSPS) is 10.9. The van der Waals surface area contributed by atoms with Crippen molar-refractivity contribution in [3.05, 3.63) is 54.5 Å². The number of ether oxygens (including phenoxy) is 1. The molecule has 0 bridgehead atoms. The van der Waals surface area contributed by atoms with Crippen LogP contribution in [0.3, 0.4) is 0 Å². The van der Waals surface area contributed by atoms with E-state index in [2.05, 4.69) is 39.1 Å². The Morgan fingerprint density at radius 1 is 1.33 bits per heavy atom. The molecule has 0 N–H and O–H groups in total. The monoisotopic (exact) mass is 242 g/mol. The first-order chi connectivity index (χ1) is 8.51. The molecule has 0 saturated heterocycles. The summed E-state index contributed by atoms with van der Waals surface area (Å²) < 4.78 is 11.4. The van der Waals surface area contributed by atoms with Gasteiger partial charge in [0.15, 0.2) is 0 Å². The van der Waals surface area contributed by atoms with E-state index in [4.69, 9.17) is 9.15 Å². The molecule has 2 nitrogen and oxygen atoms in total. The van der Waals surface area contributed by atoms with Crippen LogP contribution >= 0.6 is 0 Å². The van der Waals surface area contributed by atoms with Crippen molar-refractivity contribution in [2.45, 2.75) is 26.7 Å². The second-order valence-corrected chi connectivity index (χ2v) is 4.73. The first-order valence-corrected chi connectivity index (χ1v) is 6.04. The Balaban J connectivity index is 2.47. The molecule has 2 aromatic rings. The summed E-state index contributed by atoms with van der Waals surface area (Å²) in [6.45, 7) is 13.6. The van der Waals surface area contributed by atoms with Crippen molar-refractivity contribution >= 4 is 11.0 Å². The number of allylic oxidation sites excluding steroid dienone is 1. The van der Waals surface area contributed by atoms with Gasteiger partial charge in [-0.1, -0.05) is 27.0 Å². The lowest BCUT2D eigenvalue weighted by Gasteiger charge is -2.07. The van der Waals surface area contributed by atoms with Gasteiger partial charge in [0.05, 0.1) is 0 Å². The number of furan rings is 1. The Morgan fingerprint density at radius 3 is 2.67 bits per heavy atom. The average Bonchev–Trinajstić information content (AvgIpc) is 2.72. The summed E-state index contributed by atoms with van der Waals surface area (Å²) in [6.07, 6.45) is 1.59. The Kier molecular flexibility index (Phi) is 3.28. The molecular formula is C16H18O2. The van der Waals surface area contributed by atoms with Crippen molar-refractivity contribution in [3.8, 4) is 5.75 Å². The molecule has 1 aromatic carbocycles. The molecule has 0 aliphatic rings. The van der Waals surface area contributed by atoms with E-state index in [1.165, 1.54) is 0 Å². The van der Waals surface area contributed by atoms with E-state index in [9.17, 15) is 0 Å². The summed E-state index contributed by atoms with van der Waals surface area (Å²) in [4.78, 5) is 0. The summed E-state index contributed by atoms with van der Waals surface area (Å²) in [6, 6.07) is 6.06. The highest BCUT2D eigenvalue weighted by molar-refractivity contribution is 5.81. The van der Waals surface area contributed by atoms with Crippen molar-refractivity contribution in [3.63, 3.8) is 0 Å². The van der Waals surface area contributed by atoms with Crippen LogP contribution in [0.5, 0.6) is 5.75 Å². The van der Waals surface area contributed by atoms with Gasteiger partial charge in [-0.05, 0) is 30.7 Å². The molecule has 0 aliphatic heterocycles. The predicted molar refractivity (Wildman–Crippen MR) is 75.0 cm³/mol. The molecule has 0 aliphatic carbocycles. The third-order valence-corrected chi connectivity index (χ3v) is 2.87. The highest BCUT2D eigenvalue weighted by Crippen LogP contribution is 2.31. The van der Waals surface area contributed by atoms with E-state index < -0.39 is 0 Å². The first-order valence-electron chi connectivity index (χ1n) is 6.04. The van der Waals surface area contributed by atoms with E-state index in [0.29, 0.717) is 11.7 Å². The van der Waals surface area contributed by atoms with Gasteiger partial charge in [0.1, 0.15) is 22.9 Å². The zero-order chi connectivity index (χ0) is 13.3. The van der Waals surface area contributed by atoms with Crippen molar-refractivity contribution < 1.29 is 9.15 Å². The molecule has 1 heterocycles. The number of fused-ring (bicyclic) bond motifs is 1. The molecule has 0 saturated carbocycles. The average molecular weight is 242 g/mol. The Bertz CT molecular complexity index is 603. The number of benzene rings is 1. The molecule has 0 atom stereocenters. The fraction of sp³-hybridized carbons (Fsp3) is 0.250. The van der Waals surface area contributed by atoms with Crippen LogP contribution in [-0.4, -0.2) is 0 Å². The van der Waals surface area contributed by atoms with E-state index in [0.717, 1.165) is 28.0 Å². The summed E-state index contributed by atoms with van der Waals surface area (Å²) in [5.74, 6) is 2.67. The number of aryl methyl sites for hydroxylation is 1. The highest BCUT2D eigenvalue weighted by Gasteiger charge is 2.10. The minimum atomic E-state index is 0.380. The van der Waals surface area contributed by atoms with Crippen molar-refractivity contribution in [1.29, 1.82) is 0 Å². The quantitative estimate of drug-likeness (QED) is 0.559. The SMILES string of the molecule is C=CC(=C)Oc1cc2oc(C(C)C)cc2cc1C. The van der Waals surface area contributed by atoms with Gasteiger partial charge in [-0.3, -0.25) is 0 Å². The van der Waals surface area contributed by atoms with Gasteiger partial charge in [-0.2, -0.15) is 0 Å². The predicted octanol–water partition coefficient (Wildman–Crippen LogP) is 4.94. The van der Waals surface area contributed by atoms with Gasteiger partial charge in [0, 0.05) is 17.4 Å². The maximum atomic E-state index is 5.80. The minimum Gasteiger partial charge on any atom is -0.461 e. The van der Waals surface area contributed by atoms with Crippen LogP contribution in [0.15, 0.2) is 47.6 Å². The van der Waals surface area contributed by atoms with Crippen molar-refractivity contribution in [2.24, 2.45) is 0 Å². The summed E-state index contributed by atoms with van der Waals surface area (Å²) in [7, 11) is 0. The Labute approximate surface area is 108 Å². The number of hydrogen-bond acceptors (Lipinski definition) is 2. The van der Waals surface area contributed by atoms with Crippen molar-refractivity contribution in [2.75, 3.05) is 0 Å². The maximum Gasteiger partial charge on any atom is 0.138 e. The van der Waals surface area contributed by atoms with Crippen LogP contribution in [0.4, 0.5) is 0 Å². The van der Waals surface area contributed by atoms with Crippen LogP contribution in [-0.2, 0) is 0 Å². The Hall–Kier alpha value is -1.96. The zero-order valence-electron chi connectivity index (χ0n) is 11.1. The fourth-order valence-electron chi connectivity index (χ4n) is 1.78. The van der Waals surface area contributed by atoms with Crippen LogP contribution in [0.2, 0.25) is 0 Å². The molecule has 2 heteroatoms. The van der Waals surface area contributed by atoms with E-state index in [1.807, 2.05) is 13.0 Å². The summed E-state index contributed by atoms with van der Waals surface area (Å²) in [5, 5.41) is 1.10. The van der Waals surface area contributed by atoms with Gasteiger partial charge in [-0.15, -0.1) is 0 Å². The van der Waals surface area contributed by atoms with Gasteiger partial charge in [0.2, 0.25) is 0 Å². The van der Waals surface area contributed by atoms with Crippen LogP contribution < -0.4 is 4.74 Å². The molecule has 0 spiro atoms. The molecule has 0 fully saturated rings. The van der Waals surface area contributed by atoms with Gasteiger partial charge < -0.3 is 9.15 Å². The molecular weight excluding hydrogens is 224 g/mol. The Morgan fingerprint density at radius 2 is 2.06 bits per heavy atom. The topological polar surface area (TPSA) is 22.4 Å². The first kappa shape index (κ1) is 12.5. The lowest BCUT2D eigenvalue weighted by atomic mass is 10.1. The number of rotatable bonds is 4. The number of hydrogen-bond donors (Lipinski definition) is 0. The van der Waals surface area contributed by atoms with Gasteiger partial charge in [-0.25, -0.2) is 0 Å². The fourth-order valence-corrected chi connectivity index (χ4v) is 1.78.